The Hall–Kier alpha value is -1.23. The Morgan fingerprint density at radius 1 is 1.26 bits per heavy atom. The van der Waals surface area contributed by atoms with Crippen molar-refractivity contribution in [1.29, 1.82) is 0 Å². The summed E-state index contributed by atoms with van der Waals surface area (Å²) in [7, 11) is 0. The van der Waals surface area contributed by atoms with Crippen LogP contribution in [0.15, 0.2) is 30.3 Å². The van der Waals surface area contributed by atoms with Gasteiger partial charge in [-0.2, -0.15) is 0 Å². The summed E-state index contributed by atoms with van der Waals surface area (Å²) < 4.78 is 2.74. The van der Waals surface area contributed by atoms with Gasteiger partial charge in [-0.15, -0.1) is 11.3 Å². The molecule has 0 amide bonds. The lowest BCUT2D eigenvalue weighted by Gasteiger charge is -2.14. The van der Waals surface area contributed by atoms with Gasteiger partial charge in [-0.3, -0.25) is 0 Å². The highest BCUT2D eigenvalue weighted by Gasteiger charge is 2.18. The standard InChI is InChI=1S/C13H11Cl2N3S/c1-7(10-5-6-11(15)19-10)18-9-4-2-3-8(14)12(9)17-13(18)16/h2-7H,1H3,(H2,16,17). The molecule has 2 N–H and O–H groups in total. The normalized spacial score (nSPS) is 13.0. The maximum atomic E-state index is 6.15. The average molecular weight is 312 g/mol. The monoisotopic (exact) mass is 311 g/mol. The number of para-hydroxylation sites is 1. The summed E-state index contributed by atoms with van der Waals surface area (Å²) in [6.45, 7) is 2.07. The van der Waals surface area contributed by atoms with Crippen molar-refractivity contribution in [1.82, 2.24) is 9.55 Å². The number of anilines is 1. The minimum absolute atomic E-state index is 0.0703. The van der Waals surface area contributed by atoms with Gasteiger partial charge >= 0.3 is 0 Å². The number of halogens is 2. The van der Waals surface area contributed by atoms with Crippen molar-refractivity contribution >= 4 is 51.5 Å². The van der Waals surface area contributed by atoms with E-state index in [2.05, 4.69) is 11.9 Å². The van der Waals surface area contributed by atoms with Crippen molar-refractivity contribution in [2.24, 2.45) is 0 Å². The molecule has 1 aromatic carbocycles. The van der Waals surface area contributed by atoms with Crippen molar-refractivity contribution in [3.8, 4) is 0 Å². The quantitative estimate of drug-likeness (QED) is 0.752. The first kappa shape index (κ1) is 12.8. The first-order valence-corrected chi connectivity index (χ1v) is 7.32. The van der Waals surface area contributed by atoms with Crippen LogP contribution in [0.4, 0.5) is 5.95 Å². The largest absolute Gasteiger partial charge is 0.369 e. The van der Waals surface area contributed by atoms with Crippen molar-refractivity contribution in [3.63, 3.8) is 0 Å². The van der Waals surface area contributed by atoms with Gasteiger partial charge < -0.3 is 10.3 Å². The van der Waals surface area contributed by atoms with E-state index in [0.29, 0.717) is 11.0 Å². The predicted molar refractivity (Wildman–Crippen MR) is 82.3 cm³/mol. The molecular formula is C13H11Cl2N3S. The van der Waals surface area contributed by atoms with Gasteiger partial charge in [-0.05, 0) is 31.2 Å². The average Bonchev–Trinajstić information content (AvgIpc) is 2.93. The van der Waals surface area contributed by atoms with Crippen LogP contribution >= 0.6 is 34.5 Å². The fourth-order valence-electron chi connectivity index (χ4n) is 2.19. The van der Waals surface area contributed by atoms with Crippen molar-refractivity contribution in [2.45, 2.75) is 13.0 Å². The number of nitrogen functional groups attached to an aromatic ring is 1. The molecule has 2 aromatic heterocycles. The van der Waals surface area contributed by atoms with Crippen LogP contribution in [-0.2, 0) is 0 Å². The Bertz CT molecular complexity index is 748. The Morgan fingerprint density at radius 3 is 2.74 bits per heavy atom. The second-order valence-corrected chi connectivity index (χ2v) is 6.42. The molecule has 0 bridgehead atoms. The Labute approximate surface area is 124 Å². The van der Waals surface area contributed by atoms with E-state index in [1.807, 2.05) is 34.9 Å². The minimum Gasteiger partial charge on any atom is -0.369 e. The molecule has 0 spiro atoms. The summed E-state index contributed by atoms with van der Waals surface area (Å²) in [6.07, 6.45) is 0. The SMILES string of the molecule is CC(c1ccc(Cl)s1)n1c(N)nc2c(Cl)cccc21. The van der Waals surface area contributed by atoms with Crippen LogP contribution in [0, 0.1) is 0 Å². The maximum Gasteiger partial charge on any atom is 0.201 e. The first-order valence-electron chi connectivity index (χ1n) is 5.75. The number of fused-ring (bicyclic) bond motifs is 1. The smallest absolute Gasteiger partial charge is 0.201 e. The molecule has 3 rings (SSSR count). The lowest BCUT2D eigenvalue weighted by molar-refractivity contribution is 0.680. The molecule has 0 fully saturated rings. The van der Waals surface area contributed by atoms with Crippen LogP contribution < -0.4 is 5.73 Å². The van der Waals surface area contributed by atoms with Gasteiger partial charge in [0.1, 0.15) is 5.52 Å². The van der Waals surface area contributed by atoms with E-state index in [0.717, 1.165) is 20.2 Å². The molecule has 0 aliphatic rings. The molecule has 0 radical (unpaired) electrons. The fourth-order valence-corrected chi connectivity index (χ4v) is 3.50. The zero-order valence-electron chi connectivity index (χ0n) is 10.1. The van der Waals surface area contributed by atoms with Gasteiger partial charge in [0.25, 0.3) is 0 Å². The number of aromatic nitrogens is 2. The third-order valence-electron chi connectivity index (χ3n) is 3.09. The van der Waals surface area contributed by atoms with Gasteiger partial charge in [-0.25, -0.2) is 4.98 Å². The zero-order chi connectivity index (χ0) is 13.6. The molecule has 3 nitrogen and oxygen atoms in total. The number of nitrogens with two attached hydrogens (primary N) is 1. The van der Waals surface area contributed by atoms with Gasteiger partial charge in [0.05, 0.1) is 20.9 Å². The molecule has 1 unspecified atom stereocenters. The Morgan fingerprint density at radius 2 is 2.05 bits per heavy atom. The molecule has 0 aliphatic heterocycles. The summed E-state index contributed by atoms with van der Waals surface area (Å²) in [5.41, 5.74) is 7.70. The number of rotatable bonds is 2. The molecule has 98 valence electrons. The highest BCUT2D eigenvalue weighted by molar-refractivity contribution is 7.16. The molecule has 6 heteroatoms. The van der Waals surface area contributed by atoms with E-state index in [4.69, 9.17) is 28.9 Å². The van der Waals surface area contributed by atoms with Crippen LogP contribution in [-0.4, -0.2) is 9.55 Å². The number of nitrogens with zero attached hydrogens (tertiary/aromatic N) is 2. The van der Waals surface area contributed by atoms with Gasteiger partial charge in [0.2, 0.25) is 5.95 Å². The predicted octanol–water partition coefficient (Wildman–Crippen LogP) is 4.60. The van der Waals surface area contributed by atoms with Crippen LogP contribution in [0.25, 0.3) is 11.0 Å². The van der Waals surface area contributed by atoms with E-state index < -0.39 is 0 Å². The second-order valence-electron chi connectivity index (χ2n) is 4.27. The number of hydrogen-bond acceptors (Lipinski definition) is 3. The lowest BCUT2D eigenvalue weighted by atomic mass is 10.2. The van der Waals surface area contributed by atoms with Gasteiger partial charge in [0.15, 0.2) is 0 Å². The van der Waals surface area contributed by atoms with Crippen molar-refractivity contribution in [3.05, 3.63) is 44.6 Å². The maximum absolute atomic E-state index is 6.15. The van der Waals surface area contributed by atoms with Crippen LogP contribution in [0.1, 0.15) is 17.8 Å². The Balaban J connectivity index is 2.19. The summed E-state index contributed by atoms with van der Waals surface area (Å²) >= 11 is 13.7. The van der Waals surface area contributed by atoms with Crippen LogP contribution in [0.5, 0.6) is 0 Å². The summed E-state index contributed by atoms with van der Waals surface area (Å²) in [5, 5.41) is 0.611. The van der Waals surface area contributed by atoms with Crippen molar-refractivity contribution in [2.75, 3.05) is 5.73 Å². The van der Waals surface area contributed by atoms with Crippen LogP contribution in [0.3, 0.4) is 0 Å². The van der Waals surface area contributed by atoms with E-state index in [9.17, 15) is 0 Å². The summed E-state index contributed by atoms with van der Waals surface area (Å²) in [5.74, 6) is 0.458. The van der Waals surface area contributed by atoms with E-state index in [-0.39, 0.29) is 6.04 Å². The Kier molecular flexibility index (Phi) is 3.17. The fraction of sp³-hybridized carbons (Fsp3) is 0.154. The van der Waals surface area contributed by atoms with E-state index in [1.165, 1.54) is 0 Å². The highest BCUT2D eigenvalue weighted by Crippen LogP contribution is 2.34. The molecule has 2 heterocycles. The highest BCUT2D eigenvalue weighted by atomic mass is 35.5. The third kappa shape index (κ3) is 2.10. The van der Waals surface area contributed by atoms with Crippen molar-refractivity contribution < 1.29 is 0 Å². The summed E-state index contributed by atoms with van der Waals surface area (Å²) in [6, 6.07) is 9.65. The van der Waals surface area contributed by atoms with E-state index >= 15 is 0 Å². The topological polar surface area (TPSA) is 43.8 Å². The third-order valence-corrected chi connectivity index (χ3v) is 4.80. The van der Waals surface area contributed by atoms with E-state index in [1.54, 1.807) is 11.3 Å². The van der Waals surface area contributed by atoms with Gasteiger partial charge in [-0.1, -0.05) is 29.3 Å². The molecule has 0 saturated carbocycles. The first-order chi connectivity index (χ1) is 9.08. The minimum atomic E-state index is 0.0703. The number of imidazole rings is 1. The van der Waals surface area contributed by atoms with Gasteiger partial charge in [0, 0.05) is 4.88 Å². The molecule has 0 saturated heterocycles. The molecule has 0 aliphatic carbocycles. The number of hydrogen-bond donors (Lipinski definition) is 1. The summed E-state index contributed by atoms with van der Waals surface area (Å²) in [4.78, 5) is 5.48. The number of benzene rings is 1. The lowest BCUT2D eigenvalue weighted by Crippen LogP contribution is -2.08. The molecule has 19 heavy (non-hydrogen) atoms. The number of thiophene rings is 1. The molecule has 3 aromatic rings. The zero-order valence-corrected chi connectivity index (χ0v) is 12.4. The molecular weight excluding hydrogens is 301 g/mol. The molecule has 1 atom stereocenters. The second kappa shape index (κ2) is 4.71. The van der Waals surface area contributed by atoms with Crippen LogP contribution in [0.2, 0.25) is 9.36 Å².